The maximum Gasteiger partial charge on any atom is 0.418 e. The zero-order chi connectivity index (χ0) is 14.8. The van der Waals surface area contributed by atoms with Gasteiger partial charge >= 0.3 is 6.18 Å². The van der Waals surface area contributed by atoms with Crippen LogP contribution in [-0.2, 0) is 12.7 Å². The van der Waals surface area contributed by atoms with Crippen molar-refractivity contribution >= 4 is 5.69 Å². The predicted molar refractivity (Wildman–Crippen MR) is 72.0 cm³/mol. The van der Waals surface area contributed by atoms with Crippen molar-refractivity contribution < 1.29 is 13.2 Å². The number of halogens is 3. The number of anilines is 1. The van der Waals surface area contributed by atoms with Crippen molar-refractivity contribution in [2.45, 2.75) is 39.5 Å². The Kier molecular flexibility index (Phi) is 4.85. The van der Waals surface area contributed by atoms with E-state index < -0.39 is 11.7 Å². The first-order valence-electron chi connectivity index (χ1n) is 6.31. The van der Waals surface area contributed by atoms with E-state index in [2.05, 4.69) is 0 Å². The second-order valence-electron chi connectivity index (χ2n) is 5.15. The molecule has 0 radical (unpaired) electrons. The van der Waals surface area contributed by atoms with Gasteiger partial charge in [0.1, 0.15) is 0 Å². The molecule has 1 aromatic carbocycles. The number of nitrogens with two attached hydrogens (primary N) is 1. The highest BCUT2D eigenvalue weighted by Gasteiger charge is 2.35. The van der Waals surface area contributed by atoms with E-state index in [0.717, 1.165) is 6.07 Å². The molecule has 0 aromatic heterocycles. The lowest BCUT2D eigenvalue weighted by molar-refractivity contribution is -0.137. The number of rotatable bonds is 4. The molecular formula is C14H21F3N2. The third-order valence-corrected chi connectivity index (χ3v) is 3.56. The Morgan fingerprint density at radius 1 is 1.21 bits per heavy atom. The molecule has 0 spiro atoms. The van der Waals surface area contributed by atoms with Gasteiger partial charge in [-0.05, 0) is 30.5 Å². The molecule has 0 aliphatic carbocycles. The van der Waals surface area contributed by atoms with Crippen LogP contribution in [0.25, 0.3) is 0 Å². The first-order chi connectivity index (χ1) is 8.68. The number of hydrogen-bond donors (Lipinski definition) is 1. The van der Waals surface area contributed by atoms with E-state index in [0.29, 0.717) is 5.56 Å². The van der Waals surface area contributed by atoms with Gasteiger partial charge in [-0.15, -0.1) is 0 Å². The minimum Gasteiger partial charge on any atom is -0.371 e. The molecule has 2 nitrogen and oxygen atoms in total. The van der Waals surface area contributed by atoms with Crippen LogP contribution in [0, 0.1) is 5.92 Å². The SMILES string of the molecule is CC(C)C(C)N(C)c1ccc(CN)cc1C(F)(F)F. The van der Waals surface area contributed by atoms with Crippen LogP contribution in [0.4, 0.5) is 18.9 Å². The fourth-order valence-corrected chi connectivity index (χ4v) is 1.91. The fourth-order valence-electron chi connectivity index (χ4n) is 1.91. The first-order valence-corrected chi connectivity index (χ1v) is 6.31. The summed E-state index contributed by atoms with van der Waals surface area (Å²) in [4.78, 5) is 1.67. The van der Waals surface area contributed by atoms with Crippen molar-refractivity contribution in [3.05, 3.63) is 29.3 Å². The predicted octanol–water partition coefficient (Wildman–Crippen LogP) is 3.64. The van der Waals surface area contributed by atoms with Crippen molar-refractivity contribution in [1.82, 2.24) is 0 Å². The lowest BCUT2D eigenvalue weighted by atomic mass is 10.0. The molecule has 0 bridgehead atoms. The van der Waals surface area contributed by atoms with E-state index in [9.17, 15) is 13.2 Å². The topological polar surface area (TPSA) is 29.3 Å². The molecule has 19 heavy (non-hydrogen) atoms. The molecule has 0 saturated carbocycles. The van der Waals surface area contributed by atoms with Crippen LogP contribution in [0.3, 0.4) is 0 Å². The third kappa shape index (κ3) is 3.62. The summed E-state index contributed by atoms with van der Waals surface area (Å²) in [7, 11) is 1.69. The van der Waals surface area contributed by atoms with E-state index in [-0.39, 0.29) is 24.2 Å². The Morgan fingerprint density at radius 2 is 1.79 bits per heavy atom. The van der Waals surface area contributed by atoms with Gasteiger partial charge in [-0.25, -0.2) is 0 Å². The second kappa shape index (κ2) is 5.82. The first kappa shape index (κ1) is 15.8. The van der Waals surface area contributed by atoms with Crippen molar-refractivity contribution in [1.29, 1.82) is 0 Å². The van der Waals surface area contributed by atoms with Crippen molar-refractivity contribution in [2.24, 2.45) is 11.7 Å². The van der Waals surface area contributed by atoms with Gasteiger partial charge in [-0.1, -0.05) is 19.9 Å². The number of nitrogens with zero attached hydrogens (tertiary/aromatic N) is 1. The minimum absolute atomic E-state index is 0.0184. The van der Waals surface area contributed by atoms with Crippen LogP contribution >= 0.6 is 0 Å². The molecule has 2 N–H and O–H groups in total. The zero-order valence-electron chi connectivity index (χ0n) is 11.8. The van der Waals surface area contributed by atoms with Crippen molar-refractivity contribution in [3.8, 4) is 0 Å². The van der Waals surface area contributed by atoms with E-state index in [1.807, 2.05) is 20.8 Å². The van der Waals surface area contributed by atoms with Crippen LogP contribution in [0.15, 0.2) is 18.2 Å². The van der Waals surface area contributed by atoms with Gasteiger partial charge < -0.3 is 10.6 Å². The van der Waals surface area contributed by atoms with Crippen LogP contribution in [0.2, 0.25) is 0 Å². The zero-order valence-corrected chi connectivity index (χ0v) is 11.8. The minimum atomic E-state index is -4.37. The largest absolute Gasteiger partial charge is 0.418 e. The Bertz CT molecular complexity index is 427. The molecule has 0 heterocycles. The van der Waals surface area contributed by atoms with Gasteiger partial charge in [0, 0.05) is 25.3 Å². The summed E-state index contributed by atoms with van der Waals surface area (Å²) in [6.07, 6.45) is -4.37. The molecule has 0 aliphatic heterocycles. The maximum atomic E-state index is 13.1. The Labute approximate surface area is 112 Å². The van der Waals surface area contributed by atoms with Gasteiger partial charge in [0.25, 0.3) is 0 Å². The molecule has 0 aliphatic rings. The van der Waals surface area contributed by atoms with Gasteiger partial charge in [0.15, 0.2) is 0 Å². The molecule has 108 valence electrons. The summed E-state index contributed by atoms with van der Waals surface area (Å²) < 4.78 is 39.4. The summed E-state index contributed by atoms with van der Waals surface area (Å²) in [5.74, 6) is 0.264. The highest BCUT2D eigenvalue weighted by molar-refractivity contribution is 5.56. The lowest BCUT2D eigenvalue weighted by Gasteiger charge is -2.32. The summed E-state index contributed by atoms with van der Waals surface area (Å²) in [5.41, 5.74) is 5.48. The Morgan fingerprint density at radius 3 is 2.21 bits per heavy atom. The molecule has 0 fully saturated rings. The van der Waals surface area contributed by atoms with Gasteiger partial charge in [0.2, 0.25) is 0 Å². The fraction of sp³-hybridized carbons (Fsp3) is 0.571. The maximum absolute atomic E-state index is 13.1. The Balaban J connectivity index is 3.27. The molecule has 0 amide bonds. The van der Waals surface area contributed by atoms with Gasteiger partial charge in [-0.3, -0.25) is 0 Å². The standard InChI is InChI=1S/C14H21F3N2/c1-9(2)10(3)19(4)13-6-5-11(8-18)7-12(13)14(15,16)17/h5-7,9-10H,8,18H2,1-4H3. The lowest BCUT2D eigenvalue weighted by Crippen LogP contribution is -2.34. The van der Waals surface area contributed by atoms with Crippen LogP contribution in [0.5, 0.6) is 0 Å². The number of hydrogen-bond acceptors (Lipinski definition) is 2. The highest BCUT2D eigenvalue weighted by atomic mass is 19.4. The third-order valence-electron chi connectivity index (χ3n) is 3.56. The molecule has 1 unspecified atom stereocenters. The monoisotopic (exact) mass is 274 g/mol. The molecular weight excluding hydrogens is 253 g/mol. The quantitative estimate of drug-likeness (QED) is 0.908. The average Bonchev–Trinajstić information content (AvgIpc) is 2.35. The second-order valence-corrected chi connectivity index (χ2v) is 5.15. The summed E-state index contributed by atoms with van der Waals surface area (Å²) in [6.45, 7) is 6.00. The smallest absolute Gasteiger partial charge is 0.371 e. The summed E-state index contributed by atoms with van der Waals surface area (Å²) in [5, 5.41) is 0. The van der Waals surface area contributed by atoms with Crippen molar-refractivity contribution in [3.63, 3.8) is 0 Å². The van der Waals surface area contributed by atoms with E-state index in [4.69, 9.17) is 5.73 Å². The molecule has 1 atom stereocenters. The Hall–Kier alpha value is -1.23. The van der Waals surface area contributed by atoms with Gasteiger partial charge in [-0.2, -0.15) is 13.2 Å². The van der Waals surface area contributed by atoms with E-state index in [1.165, 1.54) is 6.07 Å². The molecule has 0 saturated heterocycles. The van der Waals surface area contributed by atoms with E-state index in [1.54, 1.807) is 18.0 Å². The number of benzene rings is 1. The van der Waals surface area contributed by atoms with Gasteiger partial charge in [0.05, 0.1) is 5.56 Å². The summed E-state index contributed by atoms with van der Waals surface area (Å²) in [6, 6.07) is 4.31. The number of alkyl halides is 3. The molecule has 1 aromatic rings. The average molecular weight is 274 g/mol. The van der Waals surface area contributed by atoms with Crippen molar-refractivity contribution in [2.75, 3.05) is 11.9 Å². The molecule has 1 rings (SSSR count). The highest BCUT2D eigenvalue weighted by Crippen LogP contribution is 2.37. The van der Waals surface area contributed by atoms with Crippen LogP contribution in [0.1, 0.15) is 31.9 Å². The normalized spacial score (nSPS) is 13.7. The van der Waals surface area contributed by atoms with Crippen LogP contribution < -0.4 is 10.6 Å². The van der Waals surface area contributed by atoms with E-state index >= 15 is 0 Å². The van der Waals surface area contributed by atoms with Crippen LogP contribution in [-0.4, -0.2) is 13.1 Å². The summed E-state index contributed by atoms with van der Waals surface area (Å²) >= 11 is 0. The molecule has 5 heteroatoms.